The highest BCUT2D eigenvalue weighted by Gasteiger charge is 2.22. The van der Waals surface area contributed by atoms with Crippen LogP contribution in [0.3, 0.4) is 0 Å². The van der Waals surface area contributed by atoms with Crippen molar-refractivity contribution in [1.29, 1.82) is 0 Å². The van der Waals surface area contributed by atoms with E-state index in [-0.39, 0.29) is 11.6 Å². The molecule has 0 spiro atoms. The molecule has 3 aromatic rings. The number of carbonyl (C=O) groups excluding carboxylic acids is 1. The topological polar surface area (TPSA) is 89.5 Å². The van der Waals surface area contributed by atoms with E-state index >= 15 is 0 Å². The predicted molar refractivity (Wildman–Crippen MR) is 116 cm³/mol. The van der Waals surface area contributed by atoms with Crippen molar-refractivity contribution in [2.75, 3.05) is 6.54 Å². The number of nitro groups is 1. The lowest BCUT2D eigenvalue weighted by Crippen LogP contribution is -2.30. The predicted octanol–water partition coefficient (Wildman–Crippen LogP) is 4.31. The minimum absolute atomic E-state index is 0.0600. The second kappa shape index (κ2) is 8.47. The molecule has 30 heavy (non-hydrogen) atoms. The van der Waals surface area contributed by atoms with Crippen molar-refractivity contribution in [3.63, 3.8) is 0 Å². The second-order valence-corrected chi connectivity index (χ2v) is 7.53. The van der Waals surface area contributed by atoms with Crippen LogP contribution in [-0.4, -0.2) is 22.3 Å². The molecule has 0 radical (unpaired) electrons. The molecule has 1 heterocycles. The number of aryl methyl sites for hydroxylation is 1. The molecular weight excluding hydrogens is 378 g/mol. The third-order valence-corrected chi connectivity index (χ3v) is 5.53. The SMILES string of the molecule is NCc1cccc(-c2cccc(C(=O)N3CCCc4ccc([N+](=O)[O-])cc4C3)c2)c1. The van der Waals surface area contributed by atoms with Crippen molar-refractivity contribution in [1.82, 2.24) is 4.90 Å². The highest BCUT2D eigenvalue weighted by molar-refractivity contribution is 5.95. The van der Waals surface area contributed by atoms with Crippen molar-refractivity contribution in [2.45, 2.75) is 25.9 Å². The summed E-state index contributed by atoms with van der Waals surface area (Å²) in [6.45, 7) is 1.46. The molecule has 1 amide bonds. The van der Waals surface area contributed by atoms with Crippen LogP contribution in [0.4, 0.5) is 5.69 Å². The van der Waals surface area contributed by atoms with Gasteiger partial charge in [0, 0.05) is 37.3 Å². The Kier molecular flexibility index (Phi) is 5.59. The minimum atomic E-state index is -0.393. The lowest BCUT2D eigenvalue weighted by atomic mass is 10.0. The summed E-state index contributed by atoms with van der Waals surface area (Å²) >= 11 is 0. The van der Waals surface area contributed by atoms with Crippen LogP contribution in [-0.2, 0) is 19.5 Å². The summed E-state index contributed by atoms with van der Waals surface area (Å²) in [7, 11) is 0. The number of hydrogen-bond donors (Lipinski definition) is 1. The fraction of sp³-hybridized carbons (Fsp3) is 0.208. The maximum atomic E-state index is 13.3. The van der Waals surface area contributed by atoms with E-state index in [0.29, 0.717) is 25.2 Å². The van der Waals surface area contributed by atoms with Crippen LogP contribution in [0.2, 0.25) is 0 Å². The highest BCUT2D eigenvalue weighted by Crippen LogP contribution is 2.26. The van der Waals surface area contributed by atoms with Crippen LogP contribution >= 0.6 is 0 Å². The van der Waals surface area contributed by atoms with E-state index in [1.54, 1.807) is 11.0 Å². The summed E-state index contributed by atoms with van der Waals surface area (Å²) in [5, 5.41) is 11.1. The Morgan fingerprint density at radius 3 is 2.53 bits per heavy atom. The number of benzene rings is 3. The summed E-state index contributed by atoms with van der Waals surface area (Å²) in [6.07, 6.45) is 1.64. The maximum Gasteiger partial charge on any atom is 0.269 e. The molecule has 0 bridgehead atoms. The smallest absolute Gasteiger partial charge is 0.269 e. The highest BCUT2D eigenvalue weighted by atomic mass is 16.6. The van der Waals surface area contributed by atoms with Gasteiger partial charge in [0.05, 0.1) is 4.92 Å². The van der Waals surface area contributed by atoms with Crippen molar-refractivity contribution >= 4 is 11.6 Å². The van der Waals surface area contributed by atoms with Crippen molar-refractivity contribution in [3.05, 3.63) is 99.1 Å². The number of nitro benzene ring substituents is 1. The van der Waals surface area contributed by atoms with E-state index in [1.165, 1.54) is 6.07 Å². The zero-order chi connectivity index (χ0) is 21.1. The number of nitrogens with two attached hydrogens (primary N) is 1. The lowest BCUT2D eigenvalue weighted by Gasteiger charge is -2.21. The Morgan fingerprint density at radius 1 is 1.00 bits per heavy atom. The fourth-order valence-corrected chi connectivity index (χ4v) is 3.93. The first kappa shape index (κ1) is 19.8. The number of amides is 1. The normalized spacial score (nSPS) is 13.4. The number of rotatable bonds is 4. The molecule has 0 aromatic heterocycles. The second-order valence-electron chi connectivity index (χ2n) is 7.53. The van der Waals surface area contributed by atoms with E-state index in [2.05, 4.69) is 0 Å². The average molecular weight is 401 g/mol. The van der Waals surface area contributed by atoms with Crippen LogP contribution in [0, 0.1) is 10.1 Å². The summed E-state index contributed by atoms with van der Waals surface area (Å²) in [4.78, 5) is 25.8. The van der Waals surface area contributed by atoms with Gasteiger partial charge in [-0.15, -0.1) is 0 Å². The van der Waals surface area contributed by atoms with E-state index in [4.69, 9.17) is 5.73 Å². The molecule has 0 aliphatic carbocycles. The van der Waals surface area contributed by atoms with Gasteiger partial charge in [-0.1, -0.05) is 36.4 Å². The van der Waals surface area contributed by atoms with Gasteiger partial charge >= 0.3 is 0 Å². The number of non-ortho nitro benzene ring substituents is 1. The molecule has 1 aliphatic rings. The molecule has 0 saturated heterocycles. The molecule has 0 fully saturated rings. The fourth-order valence-electron chi connectivity index (χ4n) is 3.93. The Labute approximate surface area is 175 Å². The molecule has 0 atom stereocenters. The Balaban J connectivity index is 1.61. The summed E-state index contributed by atoms with van der Waals surface area (Å²) < 4.78 is 0. The van der Waals surface area contributed by atoms with Crippen molar-refractivity contribution in [3.8, 4) is 11.1 Å². The minimum Gasteiger partial charge on any atom is -0.334 e. The van der Waals surface area contributed by atoms with Gasteiger partial charge in [-0.2, -0.15) is 0 Å². The summed E-state index contributed by atoms with van der Waals surface area (Å²) in [6, 6.07) is 20.5. The van der Waals surface area contributed by atoms with Crippen LogP contribution < -0.4 is 5.73 Å². The number of nitrogens with zero attached hydrogens (tertiary/aromatic N) is 2. The quantitative estimate of drug-likeness (QED) is 0.521. The van der Waals surface area contributed by atoms with Gasteiger partial charge in [-0.25, -0.2) is 0 Å². The largest absolute Gasteiger partial charge is 0.334 e. The third kappa shape index (κ3) is 4.09. The molecule has 6 heteroatoms. The Bertz CT molecular complexity index is 1110. The standard InChI is InChI=1S/C24H23N3O3/c25-15-17-4-1-5-19(12-17)20-6-2-7-21(13-20)24(28)26-11-3-8-18-9-10-23(27(29)30)14-22(18)16-26/h1-2,4-7,9-10,12-14H,3,8,11,15-16,25H2. The van der Waals surface area contributed by atoms with Crippen LogP contribution in [0.5, 0.6) is 0 Å². The maximum absolute atomic E-state index is 13.3. The molecular formula is C24H23N3O3. The van der Waals surface area contributed by atoms with Gasteiger partial charge in [-0.05, 0) is 58.9 Å². The van der Waals surface area contributed by atoms with Crippen LogP contribution in [0.1, 0.15) is 33.5 Å². The molecule has 152 valence electrons. The van der Waals surface area contributed by atoms with Gasteiger partial charge in [0.25, 0.3) is 11.6 Å². The molecule has 3 aromatic carbocycles. The van der Waals surface area contributed by atoms with Gasteiger partial charge < -0.3 is 10.6 Å². The van der Waals surface area contributed by atoms with E-state index in [9.17, 15) is 14.9 Å². The molecule has 4 rings (SSSR count). The van der Waals surface area contributed by atoms with Crippen LogP contribution in [0.15, 0.2) is 66.7 Å². The average Bonchev–Trinajstić information content (AvgIpc) is 3.00. The van der Waals surface area contributed by atoms with Gasteiger partial charge in [0.2, 0.25) is 0 Å². The zero-order valence-electron chi connectivity index (χ0n) is 16.6. The van der Waals surface area contributed by atoms with E-state index in [0.717, 1.165) is 40.7 Å². The Hall–Kier alpha value is -3.51. The molecule has 0 saturated carbocycles. The van der Waals surface area contributed by atoms with Crippen LogP contribution in [0.25, 0.3) is 11.1 Å². The first-order valence-corrected chi connectivity index (χ1v) is 10.00. The van der Waals surface area contributed by atoms with E-state index in [1.807, 2.05) is 54.6 Å². The van der Waals surface area contributed by atoms with Gasteiger partial charge in [0.1, 0.15) is 0 Å². The summed E-state index contributed by atoms with van der Waals surface area (Å²) in [5.74, 6) is -0.0637. The monoisotopic (exact) mass is 401 g/mol. The lowest BCUT2D eigenvalue weighted by molar-refractivity contribution is -0.384. The Morgan fingerprint density at radius 2 is 1.77 bits per heavy atom. The first-order valence-electron chi connectivity index (χ1n) is 10.00. The molecule has 2 N–H and O–H groups in total. The summed E-state index contributed by atoms with van der Waals surface area (Å²) in [5.41, 5.74) is 11.4. The van der Waals surface area contributed by atoms with Crippen molar-refractivity contribution in [2.24, 2.45) is 5.73 Å². The number of fused-ring (bicyclic) bond motifs is 1. The van der Waals surface area contributed by atoms with Gasteiger partial charge in [-0.3, -0.25) is 14.9 Å². The zero-order valence-corrected chi connectivity index (χ0v) is 16.6. The van der Waals surface area contributed by atoms with Gasteiger partial charge in [0.15, 0.2) is 0 Å². The number of hydrogen-bond acceptors (Lipinski definition) is 4. The van der Waals surface area contributed by atoms with E-state index < -0.39 is 4.92 Å². The van der Waals surface area contributed by atoms with Crippen molar-refractivity contribution < 1.29 is 9.72 Å². The molecule has 0 unspecified atom stereocenters. The third-order valence-electron chi connectivity index (χ3n) is 5.53. The molecule has 6 nitrogen and oxygen atoms in total. The first-order chi connectivity index (χ1) is 14.5. The molecule has 1 aliphatic heterocycles. The number of carbonyl (C=O) groups is 1.